The van der Waals surface area contributed by atoms with Gasteiger partial charge in [-0.05, 0) is 33.8 Å². The molecule has 1 rings (SSSR count). The van der Waals surface area contributed by atoms with E-state index in [1.807, 2.05) is 0 Å². The summed E-state index contributed by atoms with van der Waals surface area (Å²) in [5.74, 6) is -0.230. The molecule has 0 radical (unpaired) electrons. The summed E-state index contributed by atoms with van der Waals surface area (Å²) in [6, 6.07) is 4.82. The van der Waals surface area contributed by atoms with Gasteiger partial charge in [0, 0.05) is 5.56 Å². The molecule has 0 aliphatic rings. The first-order chi connectivity index (χ1) is 9.20. The van der Waals surface area contributed by atoms with Gasteiger partial charge in [-0.25, -0.2) is 0 Å². The summed E-state index contributed by atoms with van der Waals surface area (Å²) in [4.78, 5) is 22.0. The number of nitro groups is 1. The summed E-state index contributed by atoms with van der Waals surface area (Å²) in [6.07, 6.45) is 0.0440. The number of benzene rings is 1. The molecule has 0 bridgehead atoms. The highest BCUT2D eigenvalue weighted by atomic mass is 16.6. The summed E-state index contributed by atoms with van der Waals surface area (Å²) < 4.78 is 10.4. The highest BCUT2D eigenvalue weighted by Crippen LogP contribution is 2.30. The van der Waals surface area contributed by atoms with E-state index in [9.17, 15) is 14.9 Å². The third-order valence-electron chi connectivity index (χ3n) is 2.37. The van der Waals surface area contributed by atoms with Gasteiger partial charge in [-0.2, -0.15) is 0 Å². The van der Waals surface area contributed by atoms with E-state index in [4.69, 9.17) is 9.47 Å². The van der Waals surface area contributed by atoms with Crippen LogP contribution in [0, 0.1) is 17.0 Å². The van der Waals surface area contributed by atoms with Crippen LogP contribution in [0.15, 0.2) is 18.2 Å². The van der Waals surface area contributed by atoms with Gasteiger partial charge in [-0.3, -0.25) is 14.9 Å². The monoisotopic (exact) mass is 281 g/mol. The van der Waals surface area contributed by atoms with E-state index in [1.54, 1.807) is 39.8 Å². The van der Waals surface area contributed by atoms with Crippen LogP contribution in [0.2, 0.25) is 0 Å². The molecule has 20 heavy (non-hydrogen) atoms. The van der Waals surface area contributed by atoms with Crippen molar-refractivity contribution in [1.82, 2.24) is 0 Å². The Morgan fingerprint density at radius 2 is 2.00 bits per heavy atom. The van der Waals surface area contributed by atoms with Crippen LogP contribution in [0.25, 0.3) is 0 Å². The van der Waals surface area contributed by atoms with E-state index in [-0.39, 0.29) is 24.5 Å². The van der Waals surface area contributed by atoms with Crippen molar-refractivity contribution in [3.8, 4) is 5.75 Å². The lowest BCUT2D eigenvalue weighted by Gasteiger charge is -2.19. The highest BCUT2D eigenvalue weighted by molar-refractivity contribution is 5.70. The number of aryl methyl sites for hydroxylation is 1. The van der Waals surface area contributed by atoms with Crippen LogP contribution < -0.4 is 4.74 Å². The molecule has 0 unspecified atom stereocenters. The third-order valence-corrected chi connectivity index (χ3v) is 2.37. The first-order valence-electron chi connectivity index (χ1n) is 6.29. The van der Waals surface area contributed by atoms with Gasteiger partial charge < -0.3 is 9.47 Å². The smallest absolute Gasteiger partial charge is 0.313 e. The van der Waals surface area contributed by atoms with Crippen LogP contribution in [-0.2, 0) is 9.53 Å². The predicted molar refractivity (Wildman–Crippen MR) is 73.8 cm³/mol. The Kier molecular flexibility index (Phi) is 5.07. The van der Waals surface area contributed by atoms with Crippen molar-refractivity contribution < 1.29 is 19.2 Å². The fraction of sp³-hybridized carbons (Fsp3) is 0.500. The molecule has 6 nitrogen and oxygen atoms in total. The number of nitro benzene ring substituents is 1. The van der Waals surface area contributed by atoms with Gasteiger partial charge in [0.25, 0.3) is 0 Å². The number of esters is 1. The van der Waals surface area contributed by atoms with E-state index < -0.39 is 16.5 Å². The predicted octanol–water partition coefficient (Wildman–Crippen LogP) is 3.01. The summed E-state index contributed by atoms with van der Waals surface area (Å²) in [6.45, 7) is 7.00. The van der Waals surface area contributed by atoms with Crippen LogP contribution in [-0.4, -0.2) is 23.1 Å². The normalized spacial score (nSPS) is 11.0. The molecule has 0 saturated carbocycles. The molecular formula is C14H19NO5. The molecule has 0 fully saturated rings. The van der Waals surface area contributed by atoms with Crippen molar-refractivity contribution in [2.45, 2.75) is 39.7 Å². The zero-order valence-corrected chi connectivity index (χ0v) is 12.1. The first-order valence-corrected chi connectivity index (χ1v) is 6.29. The Balaban J connectivity index is 2.61. The number of carbonyl (C=O) groups excluding carboxylic acids is 1. The second-order valence-corrected chi connectivity index (χ2v) is 5.36. The molecule has 0 spiro atoms. The van der Waals surface area contributed by atoms with E-state index in [2.05, 4.69) is 0 Å². The van der Waals surface area contributed by atoms with E-state index in [1.165, 1.54) is 6.07 Å². The Bertz CT molecular complexity index is 505. The van der Waals surface area contributed by atoms with Crippen LogP contribution in [0.4, 0.5) is 5.69 Å². The maximum atomic E-state index is 11.5. The van der Waals surface area contributed by atoms with Gasteiger partial charge in [-0.15, -0.1) is 0 Å². The molecule has 6 heteroatoms. The zero-order chi connectivity index (χ0) is 15.3. The van der Waals surface area contributed by atoms with Crippen molar-refractivity contribution in [2.24, 2.45) is 0 Å². The minimum absolute atomic E-state index is 0.0409. The van der Waals surface area contributed by atoms with Crippen molar-refractivity contribution >= 4 is 11.7 Å². The number of hydrogen-bond donors (Lipinski definition) is 0. The number of ether oxygens (including phenoxy) is 2. The minimum Gasteiger partial charge on any atom is -0.486 e. The Morgan fingerprint density at radius 1 is 1.35 bits per heavy atom. The second kappa shape index (κ2) is 6.36. The summed E-state index contributed by atoms with van der Waals surface area (Å²) >= 11 is 0. The van der Waals surface area contributed by atoms with E-state index >= 15 is 0 Å². The fourth-order valence-electron chi connectivity index (χ4n) is 1.62. The lowest BCUT2D eigenvalue weighted by atomic mass is 10.2. The van der Waals surface area contributed by atoms with Gasteiger partial charge in [0.1, 0.15) is 5.60 Å². The number of para-hydroxylation sites is 1. The van der Waals surface area contributed by atoms with Crippen molar-refractivity contribution in [3.63, 3.8) is 0 Å². The van der Waals surface area contributed by atoms with Gasteiger partial charge in [0.2, 0.25) is 0 Å². The fourth-order valence-corrected chi connectivity index (χ4v) is 1.62. The molecular weight excluding hydrogens is 262 g/mol. The standard InChI is InChI=1S/C14H19NO5/c1-10-6-5-7-11(13(10)15(17)18)19-9-8-12(16)20-14(2,3)4/h5-7H,8-9H2,1-4H3. The van der Waals surface area contributed by atoms with Crippen molar-refractivity contribution in [3.05, 3.63) is 33.9 Å². The average molecular weight is 281 g/mol. The van der Waals surface area contributed by atoms with Gasteiger partial charge in [0.05, 0.1) is 18.0 Å². The number of carbonyl (C=O) groups is 1. The Labute approximate surface area is 117 Å². The van der Waals surface area contributed by atoms with Crippen LogP contribution in [0.1, 0.15) is 32.8 Å². The Morgan fingerprint density at radius 3 is 2.55 bits per heavy atom. The molecule has 0 aliphatic heterocycles. The van der Waals surface area contributed by atoms with Crippen LogP contribution >= 0.6 is 0 Å². The molecule has 110 valence electrons. The number of rotatable bonds is 5. The van der Waals surface area contributed by atoms with Gasteiger partial charge in [-0.1, -0.05) is 12.1 Å². The molecule has 1 aromatic rings. The molecule has 0 heterocycles. The molecule has 1 aromatic carbocycles. The first kappa shape index (κ1) is 15.9. The topological polar surface area (TPSA) is 78.7 Å². The summed E-state index contributed by atoms with van der Waals surface area (Å²) in [5, 5.41) is 11.0. The van der Waals surface area contributed by atoms with Crippen LogP contribution in [0.3, 0.4) is 0 Å². The second-order valence-electron chi connectivity index (χ2n) is 5.36. The van der Waals surface area contributed by atoms with E-state index in [0.29, 0.717) is 5.56 Å². The SMILES string of the molecule is Cc1cccc(OCCC(=O)OC(C)(C)C)c1[N+](=O)[O-]. The number of hydrogen-bond acceptors (Lipinski definition) is 5. The van der Waals surface area contributed by atoms with Crippen molar-refractivity contribution in [2.75, 3.05) is 6.61 Å². The summed E-state index contributed by atoms with van der Waals surface area (Å²) in [7, 11) is 0. The molecule has 0 aromatic heterocycles. The molecule has 0 N–H and O–H groups in total. The maximum Gasteiger partial charge on any atom is 0.313 e. The summed E-state index contributed by atoms with van der Waals surface area (Å²) in [5.41, 5.74) is -0.103. The Hall–Kier alpha value is -2.11. The third kappa shape index (κ3) is 4.87. The lowest BCUT2D eigenvalue weighted by Crippen LogP contribution is -2.24. The largest absolute Gasteiger partial charge is 0.486 e. The number of nitrogens with zero attached hydrogens (tertiary/aromatic N) is 1. The van der Waals surface area contributed by atoms with E-state index in [0.717, 1.165) is 0 Å². The van der Waals surface area contributed by atoms with Gasteiger partial charge in [0.15, 0.2) is 5.75 Å². The minimum atomic E-state index is -0.549. The molecule has 0 atom stereocenters. The average Bonchev–Trinajstić information content (AvgIpc) is 2.25. The highest BCUT2D eigenvalue weighted by Gasteiger charge is 2.19. The lowest BCUT2D eigenvalue weighted by molar-refractivity contribution is -0.386. The quantitative estimate of drug-likeness (QED) is 0.471. The molecule has 0 amide bonds. The zero-order valence-electron chi connectivity index (χ0n) is 12.1. The maximum absolute atomic E-state index is 11.5. The molecule has 0 saturated heterocycles. The van der Waals surface area contributed by atoms with Gasteiger partial charge >= 0.3 is 11.7 Å². The van der Waals surface area contributed by atoms with Crippen molar-refractivity contribution in [1.29, 1.82) is 0 Å². The molecule has 0 aliphatic carbocycles. The van der Waals surface area contributed by atoms with Crippen LogP contribution in [0.5, 0.6) is 5.75 Å².